The molecule has 0 saturated carbocycles. The molecule has 1 atom stereocenters. The third-order valence-electron chi connectivity index (χ3n) is 3.69. The van der Waals surface area contributed by atoms with Crippen LogP contribution in [0, 0.1) is 0 Å². The van der Waals surface area contributed by atoms with Crippen molar-refractivity contribution in [2.75, 3.05) is 20.2 Å². The van der Waals surface area contributed by atoms with Gasteiger partial charge >= 0.3 is 0 Å². The minimum atomic E-state index is 0.304. The molecule has 1 fully saturated rings. The molecule has 2 rings (SSSR count). The van der Waals surface area contributed by atoms with E-state index in [0.717, 1.165) is 25.4 Å². The number of methoxy groups -OCH3 is 1. The monoisotopic (exact) mass is 233 g/mol. The van der Waals surface area contributed by atoms with Gasteiger partial charge in [-0.15, -0.1) is 0 Å². The van der Waals surface area contributed by atoms with Crippen LogP contribution >= 0.6 is 0 Å². The number of nitrogens with one attached hydrogen (secondary N) is 1. The Labute approximate surface area is 104 Å². The van der Waals surface area contributed by atoms with Gasteiger partial charge in [0.25, 0.3) is 0 Å². The van der Waals surface area contributed by atoms with Crippen LogP contribution in [0.5, 0.6) is 0 Å². The van der Waals surface area contributed by atoms with Gasteiger partial charge in [0.15, 0.2) is 0 Å². The second-order valence-corrected chi connectivity index (χ2v) is 5.02. The van der Waals surface area contributed by atoms with Gasteiger partial charge in [0.2, 0.25) is 0 Å². The topological polar surface area (TPSA) is 21.3 Å². The van der Waals surface area contributed by atoms with Crippen molar-refractivity contribution in [2.24, 2.45) is 0 Å². The predicted molar refractivity (Wildman–Crippen MR) is 71.5 cm³/mol. The highest BCUT2D eigenvalue weighted by Gasteiger charge is 2.15. The van der Waals surface area contributed by atoms with Crippen molar-refractivity contribution >= 4 is 0 Å². The maximum atomic E-state index is 5.33. The molecule has 0 aliphatic carbocycles. The molecule has 2 heteroatoms. The standard InChI is InChI=1S/C15H23NO/c1-12(17-2)10-13-4-3-5-15(11-13)14-6-8-16-9-7-14/h3-5,11-12,14,16H,6-10H2,1-2H3. The summed E-state index contributed by atoms with van der Waals surface area (Å²) >= 11 is 0. The van der Waals surface area contributed by atoms with Crippen LogP contribution in [-0.2, 0) is 11.2 Å². The highest BCUT2D eigenvalue weighted by Crippen LogP contribution is 2.26. The summed E-state index contributed by atoms with van der Waals surface area (Å²) in [7, 11) is 1.78. The number of rotatable bonds is 4. The quantitative estimate of drug-likeness (QED) is 0.863. The third kappa shape index (κ3) is 3.55. The van der Waals surface area contributed by atoms with E-state index in [1.54, 1.807) is 7.11 Å². The molecule has 0 spiro atoms. The SMILES string of the molecule is COC(C)Cc1cccc(C2CCNCC2)c1. The van der Waals surface area contributed by atoms with E-state index in [-0.39, 0.29) is 0 Å². The first-order chi connectivity index (χ1) is 8.29. The first-order valence-electron chi connectivity index (χ1n) is 6.62. The maximum Gasteiger partial charge on any atom is 0.0583 e. The Hall–Kier alpha value is -0.860. The average molecular weight is 233 g/mol. The van der Waals surface area contributed by atoms with E-state index in [2.05, 4.69) is 36.5 Å². The lowest BCUT2D eigenvalue weighted by Crippen LogP contribution is -2.26. The zero-order valence-corrected chi connectivity index (χ0v) is 10.9. The Morgan fingerprint density at radius 2 is 2.12 bits per heavy atom. The van der Waals surface area contributed by atoms with E-state index in [9.17, 15) is 0 Å². The van der Waals surface area contributed by atoms with Gasteiger partial charge in [0.05, 0.1) is 6.10 Å². The summed E-state index contributed by atoms with van der Waals surface area (Å²) in [4.78, 5) is 0. The molecule has 1 heterocycles. The van der Waals surface area contributed by atoms with Crippen molar-refractivity contribution in [1.29, 1.82) is 0 Å². The fourth-order valence-corrected chi connectivity index (χ4v) is 2.54. The Bertz CT molecular complexity index is 345. The molecule has 1 aromatic rings. The molecule has 1 aromatic carbocycles. The van der Waals surface area contributed by atoms with E-state index in [1.165, 1.54) is 24.0 Å². The van der Waals surface area contributed by atoms with Gasteiger partial charge in [-0.3, -0.25) is 0 Å². The maximum absolute atomic E-state index is 5.33. The zero-order valence-electron chi connectivity index (χ0n) is 10.9. The Balaban J connectivity index is 2.05. The summed E-state index contributed by atoms with van der Waals surface area (Å²) < 4.78 is 5.33. The van der Waals surface area contributed by atoms with Crippen molar-refractivity contribution in [3.05, 3.63) is 35.4 Å². The van der Waals surface area contributed by atoms with Crippen LogP contribution in [0.25, 0.3) is 0 Å². The first kappa shape index (κ1) is 12.6. The van der Waals surface area contributed by atoms with Gasteiger partial charge in [0.1, 0.15) is 0 Å². The molecule has 1 aliphatic heterocycles. The summed E-state index contributed by atoms with van der Waals surface area (Å²) in [5, 5.41) is 3.42. The van der Waals surface area contributed by atoms with Crippen LogP contribution in [0.3, 0.4) is 0 Å². The normalized spacial score (nSPS) is 19.2. The molecular formula is C15H23NO. The van der Waals surface area contributed by atoms with E-state index >= 15 is 0 Å². The number of benzene rings is 1. The van der Waals surface area contributed by atoms with E-state index in [4.69, 9.17) is 4.74 Å². The minimum Gasteiger partial charge on any atom is -0.381 e. The fourth-order valence-electron chi connectivity index (χ4n) is 2.54. The van der Waals surface area contributed by atoms with Gasteiger partial charge in [-0.05, 0) is 56.3 Å². The van der Waals surface area contributed by atoms with Crippen LogP contribution in [0.1, 0.15) is 36.8 Å². The lowest BCUT2D eigenvalue weighted by atomic mass is 9.89. The van der Waals surface area contributed by atoms with Crippen LogP contribution in [0.2, 0.25) is 0 Å². The smallest absolute Gasteiger partial charge is 0.0583 e. The van der Waals surface area contributed by atoms with Gasteiger partial charge in [-0.2, -0.15) is 0 Å². The minimum absolute atomic E-state index is 0.304. The number of hydrogen-bond acceptors (Lipinski definition) is 2. The Kier molecular flexibility index (Phi) is 4.57. The molecule has 0 radical (unpaired) electrons. The zero-order chi connectivity index (χ0) is 12.1. The third-order valence-corrected chi connectivity index (χ3v) is 3.69. The summed E-state index contributed by atoms with van der Waals surface area (Å²) in [5.74, 6) is 0.744. The highest BCUT2D eigenvalue weighted by molar-refractivity contribution is 5.27. The van der Waals surface area contributed by atoms with Crippen molar-refractivity contribution in [1.82, 2.24) is 5.32 Å². The molecule has 1 unspecified atom stereocenters. The van der Waals surface area contributed by atoms with Crippen LogP contribution in [0.15, 0.2) is 24.3 Å². The average Bonchev–Trinajstić information content (AvgIpc) is 2.40. The molecule has 0 aromatic heterocycles. The lowest BCUT2D eigenvalue weighted by molar-refractivity contribution is 0.119. The molecular weight excluding hydrogens is 210 g/mol. The Morgan fingerprint density at radius 3 is 2.82 bits per heavy atom. The van der Waals surface area contributed by atoms with E-state index in [0.29, 0.717) is 6.10 Å². The fraction of sp³-hybridized carbons (Fsp3) is 0.600. The lowest BCUT2D eigenvalue weighted by Gasteiger charge is -2.23. The molecule has 17 heavy (non-hydrogen) atoms. The highest BCUT2D eigenvalue weighted by atomic mass is 16.5. The van der Waals surface area contributed by atoms with Gasteiger partial charge < -0.3 is 10.1 Å². The molecule has 0 bridgehead atoms. The van der Waals surface area contributed by atoms with Gasteiger partial charge in [-0.25, -0.2) is 0 Å². The first-order valence-corrected chi connectivity index (χ1v) is 6.62. The van der Waals surface area contributed by atoms with Crippen molar-refractivity contribution in [3.8, 4) is 0 Å². The molecule has 0 amide bonds. The van der Waals surface area contributed by atoms with Crippen molar-refractivity contribution < 1.29 is 4.74 Å². The molecule has 94 valence electrons. The van der Waals surface area contributed by atoms with Gasteiger partial charge in [-0.1, -0.05) is 24.3 Å². The predicted octanol–water partition coefficient (Wildman–Crippen LogP) is 2.73. The van der Waals surface area contributed by atoms with Gasteiger partial charge in [0, 0.05) is 7.11 Å². The second kappa shape index (κ2) is 6.18. The summed E-state index contributed by atoms with van der Waals surface area (Å²) in [6.45, 7) is 4.43. The van der Waals surface area contributed by atoms with E-state index < -0.39 is 0 Å². The second-order valence-electron chi connectivity index (χ2n) is 5.02. The molecule has 1 aliphatic rings. The number of piperidine rings is 1. The van der Waals surface area contributed by atoms with Crippen LogP contribution < -0.4 is 5.32 Å². The number of hydrogen-bond donors (Lipinski definition) is 1. The van der Waals surface area contributed by atoms with Crippen molar-refractivity contribution in [3.63, 3.8) is 0 Å². The van der Waals surface area contributed by atoms with Crippen LogP contribution in [-0.4, -0.2) is 26.3 Å². The van der Waals surface area contributed by atoms with Crippen LogP contribution in [0.4, 0.5) is 0 Å². The summed E-state index contributed by atoms with van der Waals surface area (Å²) in [6.07, 6.45) is 3.85. The number of ether oxygens (including phenoxy) is 1. The summed E-state index contributed by atoms with van der Waals surface area (Å²) in [6, 6.07) is 9.04. The largest absolute Gasteiger partial charge is 0.381 e. The molecule has 1 N–H and O–H groups in total. The molecule has 2 nitrogen and oxygen atoms in total. The molecule has 1 saturated heterocycles. The van der Waals surface area contributed by atoms with Crippen molar-refractivity contribution in [2.45, 2.75) is 38.2 Å². The van der Waals surface area contributed by atoms with E-state index in [1.807, 2.05) is 0 Å². The Morgan fingerprint density at radius 1 is 1.35 bits per heavy atom. The summed E-state index contributed by atoms with van der Waals surface area (Å²) in [5.41, 5.74) is 2.91.